The third-order valence-corrected chi connectivity index (χ3v) is 5.76. The number of methoxy groups -OCH3 is 1. The van der Waals surface area contributed by atoms with Gasteiger partial charge in [0.2, 0.25) is 0 Å². The van der Waals surface area contributed by atoms with Gasteiger partial charge < -0.3 is 15.0 Å². The Balaban J connectivity index is 2.07. The van der Waals surface area contributed by atoms with Crippen molar-refractivity contribution in [1.82, 2.24) is 15.1 Å². The number of nitrogens with one attached hydrogen (secondary N) is 1. The molecule has 0 aliphatic carbocycles. The van der Waals surface area contributed by atoms with Crippen molar-refractivity contribution < 1.29 is 9.53 Å². The number of aliphatic imine (C=N–C) groups is 1. The Bertz CT molecular complexity index is 623. The summed E-state index contributed by atoms with van der Waals surface area (Å²) in [7, 11) is 1.47. The van der Waals surface area contributed by atoms with E-state index in [1.165, 1.54) is 12.7 Å². The normalized spacial score (nSPS) is 16.7. The molecular weight excluding hydrogens is 364 g/mol. The molecule has 162 valence electrons. The van der Waals surface area contributed by atoms with Crippen molar-refractivity contribution in [1.29, 1.82) is 0 Å². The van der Waals surface area contributed by atoms with Crippen LogP contribution in [0.15, 0.2) is 35.3 Å². The summed E-state index contributed by atoms with van der Waals surface area (Å²) in [5.74, 6) is 0.887. The number of guanidine groups is 1. The van der Waals surface area contributed by atoms with Gasteiger partial charge >= 0.3 is 5.97 Å². The van der Waals surface area contributed by atoms with Gasteiger partial charge in [0.1, 0.15) is 0 Å². The number of ether oxygens (including phenoxy) is 1. The van der Waals surface area contributed by atoms with Crippen molar-refractivity contribution in [3.05, 3.63) is 35.9 Å². The summed E-state index contributed by atoms with van der Waals surface area (Å²) in [5, 5.41) is 3.45. The first-order valence-corrected chi connectivity index (χ1v) is 11.0. The van der Waals surface area contributed by atoms with Gasteiger partial charge in [-0.2, -0.15) is 0 Å². The zero-order valence-electron chi connectivity index (χ0n) is 18.6. The Morgan fingerprint density at radius 2 is 1.86 bits per heavy atom. The van der Waals surface area contributed by atoms with Gasteiger partial charge in [-0.1, -0.05) is 44.2 Å². The molecule has 1 N–H and O–H groups in total. The first-order valence-electron chi connectivity index (χ1n) is 11.0. The van der Waals surface area contributed by atoms with Crippen LogP contribution in [0.4, 0.5) is 0 Å². The summed E-state index contributed by atoms with van der Waals surface area (Å²) in [6.45, 7) is 11.8. The molecule has 1 saturated heterocycles. The molecule has 1 heterocycles. The maximum absolute atomic E-state index is 11.8. The number of esters is 1. The second-order valence-electron chi connectivity index (χ2n) is 7.54. The van der Waals surface area contributed by atoms with Crippen LogP contribution in [0.25, 0.3) is 0 Å². The third-order valence-electron chi connectivity index (χ3n) is 5.76. The molecule has 6 heteroatoms. The fourth-order valence-electron chi connectivity index (χ4n) is 4.05. The summed E-state index contributed by atoms with van der Waals surface area (Å²) in [4.78, 5) is 21.6. The zero-order chi connectivity index (χ0) is 21.1. The summed E-state index contributed by atoms with van der Waals surface area (Å²) < 4.78 is 4.91. The molecule has 1 aliphatic heterocycles. The number of likely N-dealkylation sites (tertiary alicyclic amines) is 1. The quantitative estimate of drug-likeness (QED) is 0.391. The Kier molecular flexibility index (Phi) is 9.98. The minimum absolute atomic E-state index is 0.0145. The van der Waals surface area contributed by atoms with E-state index in [1.54, 1.807) is 0 Å². The summed E-state index contributed by atoms with van der Waals surface area (Å²) in [6.07, 6.45) is 2.64. The van der Waals surface area contributed by atoms with E-state index in [0.29, 0.717) is 6.04 Å². The predicted octanol–water partition coefficient (Wildman–Crippen LogP) is 2.79. The molecule has 6 nitrogen and oxygen atoms in total. The molecule has 1 fully saturated rings. The van der Waals surface area contributed by atoms with Gasteiger partial charge in [-0.3, -0.25) is 14.7 Å². The number of likely N-dealkylation sites (N-methyl/N-ethyl adjacent to an activating group) is 1. The van der Waals surface area contributed by atoms with Gasteiger partial charge in [-0.15, -0.1) is 0 Å². The lowest BCUT2D eigenvalue weighted by molar-refractivity contribution is -0.146. The average molecular weight is 403 g/mol. The van der Waals surface area contributed by atoms with E-state index in [-0.39, 0.29) is 11.9 Å². The topological polar surface area (TPSA) is 57.2 Å². The highest BCUT2D eigenvalue weighted by molar-refractivity contribution is 5.80. The summed E-state index contributed by atoms with van der Waals surface area (Å²) >= 11 is 0. The van der Waals surface area contributed by atoms with Gasteiger partial charge in [0.25, 0.3) is 0 Å². The highest BCUT2D eigenvalue weighted by atomic mass is 16.5. The van der Waals surface area contributed by atoms with Crippen LogP contribution in [-0.4, -0.2) is 74.1 Å². The van der Waals surface area contributed by atoms with Crippen LogP contribution >= 0.6 is 0 Å². The van der Waals surface area contributed by atoms with Crippen LogP contribution in [-0.2, 0) is 16.0 Å². The highest BCUT2D eigenvalue weighted by Crippen LogP contribution is 2.19. The molecule has 0 saturated carbocycles. The van der Waals surface area contributed by atoms with Gasteiger partial charge in [0, 0.05) is 25.7 Å². The first-order chi connectivity index (χ1) is 14.1. The van der Waals surface area contributed by atoms with Crippen LogP contribution in [0.2, 0.25) is 0 Å². The lowest BCUT2D eigenvalue weighted by Gasteiger charge is -2.34. The molecule has 1 aromatic carbocycles. The molecule has 0 amide bonds. The van der Waals surface area contributed by atoms with Gasteiger partial charge in [0.15, 0.2) is 5.96 Å². The van der Waals surface area contributed by atoms with Crippen molar-refractivity contribution in [2.24, 2.45) is 10.9 Å². The molecule has 1 aliphatic rings. The number of benzene rings is 1. The highest BCUT2D eigenvalue weighted by Gasteiger charge is 2.27. The standard InChI is InChI=1S/C23H38N4O2/c1-5-24-23(27-15-13-20(14-16-27)22(28)29-4)25-18-21(26(6-2)7-3)17-19-11-9-8-10-12-19/h8-12,20-21H,5-7,13-18H2,1-4H3,(H,24,25). The smallest absolute Gasteiger partial charge is 0.308 e. The van der Waals surface area contributed by atoms with Gasteiger partial charge in [-0.05, 0) is 44.8 Å². The molecule has 0 spiro atoms. The van der Waals surface area contributed by atoms with Crippen molar-refractivity contribution in [2.75, 3.05) is 46.4 Å². The molecule has 1 aromatic rings. The van der Waals surface area contributed by atoms with E-state index in [1.807, 2.05) is 0 Å². The van der Waals surface area contributed by atoms with Crippen LogP contribution < -0.4 is 5.32 Å². The second kappa shape index (κ2) is 12.5. The fraction of sp³-hybridized carbons (Fsp3) is 0.652. The average Bonchev–Trinajstić information content (AvgIpc) is 2.77. The number of piperidine rings is 1. The molecule has 0 aromatic heterocycles. The number of carbonyl (C=O) groups is 1. The van der Waals surface area contributed by atoms with Crippen molar-refractivity contribution in [2.45, 2.75) is 46.1 Å². The van der Waals surface area contributed by atoms with E-state index < -0.39 is 0 Å². The van der Waals surface area contributed by atoms with E-state index in [4.69, 9.17) is 9.73 Å². The van der Waals surface area contributed by atoms with Crippen molar-refractivity contribution >= 4 is 11.9 Å². The molecule has 1 unspecified atom stereocenters. The van der Waals surface area contributed by atoms with Gasteiger partial charge in [-0.25, -0.2) is 0 Å². The number of nitrogens with zero attached hydrogens (tertiary/aromatic N) is 3. The molecule has 1 atom stereocenters. The monoisotopic (exact) mass is 402 g/mol. The van der Waals surface area contributed by atoms with Crippen LogP contribution in [0, 0.1) is 5.92 Å². The molecular formula is C23H38N4O2. The summed E-state index contributed by atoms with van der Waals surface area (Å²) in [5.41, 5.74) is 1.35. The Morgan fingerprint density at radius 1 is 1.21 bits per heavy atom. The molecule has 29 heavy (non-hydrogen) atoms. The zero-order valence-corrected chi connectivity index (χ0v) is 18.6. The fourth-order valence-corrected chi connectivity index (χ4v) is 4.05. The lowest BCUT2D eigenvalue weighted by atomic mass is 9.97. The Morgan fingerprint density at radius 3 is 2.41 bits per heavy atom. The van der Waals surface area contributed by atoms with E-state index in [0.717, 1.165) is 64.5 Å². The second-order valence-corrected chi connectivity index (χ2v) is 7.54. The first kappa shape index (κ1) is 23.2. The largest absolute Gasteiger partial charge is 0.469 e. The maximum atomic E-state index is 11.8. The summed E-state index contributed by atoms with van der Waals surface area (Å²) in [6, 6.07) is 11.0. The SMILES string of the molecule is CCNC(=NCC(Cc1ccccc1)N(CC)CC)N1CCC(C(=O)OC)CC1. The maximum Gasteiger partial charge on any atom is 0.308 e. The van der Waals surface area contributed by atoms with Crippen LogP contribution in [0.5, 0.6) is 0 Å². The van der Waals surface area contributed by atoms with E-state index >= 15 is 0 Å². The van der Waals surface area contributed by atoms with Crippen LogP contribution in [0.3, 0.4) is 0 Å². The van der Waals surface area contributed by atoms with Crippen molar-refractivity contribution in [3.8, 4) is 0 Å². The number of rotatable bonds is 9. The van der Waals surface area contributed by atoms with E-state index in [9.17, 15) is 4.79 Å². The molecule has 0 bridgehead atoms. The van der Waals surface area contributed by atoms with E-state index in [2.05, 4.69) is 66.2 Å². The van der Waals surface area contributed by atoms with Crippen molar-refractivity contribution in [3.63, 3.8) is 0 Å². The third kappa shape index (κ3) is 7.03. The predicted molar refractivity (Wildman–Crippen MR) is 119 cm³/mol. The number of carbonyl (C=O) groups excluding carboxylic acids is 1. The van der Waals surface area contributed by atoms with Crippen LogP contribution in [0.1, 0.15) is 39.2 Å². The minimum atomic E-state index is -0.0870. The molecule has 0 radical (unpaired) electrons. The Hall–Kier alpha value is -2.08. The lowest BCUT2D eigenvalue weighted by Crippen LogP contribution is -2.47. The van der Waals surface area contributed by atoms with Gasteiger partial charge in [0.05, 0.1) is 19.6 Å². The number of hydrogen-bond donors (Lipinski definition) is 1. The molecule has 2 rings (SSSR count). The minimum Gasteiger partial charge on any atom is -0.469 e. The number of hydrogen-bond acceptors (Lipinski definition) is 4. The Labute approximate surface area is 176 Å².